The van der Waals surface area contributed by atoms with Crippen molar-refractivity contribution >= 4 is 17.5 Å². The van der Waals surface area contributed by atoms with Gasteiger partial charge in [-0.2, -0.15) is 15.0 Å². The van der Waals surface area contributed by atoms with Gasteiger partial charge in [0.05, 0.1) is 19.8 Å². The molecule has 19 heavy (non-hydrogen) atoms. The molecule has 0 radical (unpaired) electrons. The van der Waals surface area contributed by atoms with E-state index in [0.29, 0.717) is 38.9 Å². The van der Waals surface area contributed by atoms with E-state index >= 15 is 0 Å². The van der Waals surface area contributed by atoms with Gasteiger partial charge >= 0.3 is 6.01 Å². The highest BCUT2D eigenvalue weighted by molar-refractivity contribution is 6.28. The summed E-state index contributed by atoms with van der Waals surface area (Å²) in [6, 6.07) is 0.220. The molecule has 0 spiro atoms. The van der Waals surface area contributed by atoms with E-state index in [1.807, 2.05) is 11.8 Å². The predicted molar refractivity (Wildman–Crippen MR) is 72.0 cm³/mol. The molecule has 1 aromatic heterocycles. The van der Waals surface area contributed by atoms with Crippen LogP contribution < -0.4 is 9.64 Å². The molecule has 0 bridgehead atoms. The van der Waals surface area contributed by atoms with E-state index in [9.17, 15) is 0 Å². The Morgan fingerprint density at radius 3 is 2.21 bits per heavy atom. The molecule has 1 heterocycles. The van der Waals surface area contributed by atoms with E-state index in [1.54, 1.807) is 14.2 Å². The van der Waals surface area contributed by atoms with Crippen molar-refractivity contribution in [2.45, 2.75) is 6.92 Å². The third-order valence-corrected chi connectivity index (χ3v) is 2.43. The molecule has 0 saturated carbocycles. The molecular weight excluding hydrogens is 272 g/mol. The van der Waals surface area contributed by atoms with E-state index < -0.39 is 0 Å². The van der Waals surface area contributed by atoms with Crippen LogP contribution in [0.25, 0.3) is 0 Å². The van der Waals surface area contributed by atoms with Crippen LogP contribution in [-0.4, -0.2) is 62.1 Å². The van der Waals surface area contributed by atoms with Crippen molar-refractivity contribution in [3.05, 3.63) is 5.28 Å². The first-order valence-corrected chi connectivity index (χ1v) is 6.36. The molecule has 0 amide bonds. The van der Waals surface area contributed by atoms with E-state index in [2.05, 4.69) is 15.0 Å². The van der Waals surface area contributed by atoms with Crippen molar-refractivity contribution in [2.75, 3.05) is 52.0 Å². The molecule has 0 aromatic carbocycles. The van der Waals surface area contributed by atoms with Gasteiger partial charge in [0.15, 0.2) is 0 Å². The molecule has 0 atom stereocenters. The molecule has 0 saturated heterocycles. The second-order valence-corrected chi connectivity index (χ2v) is 3.93. The Morgan fingerprint density at radius 2 is 1.68 bits per heavy atom. The fourth-order valence-corrected chi connectivity index (χ4v) is 1.52. The van der Waals surface area contributed by atoms with Crippen LogP contribution in [0.5, 0.6) is 6.01 Å². The molecule has 8 heteroatoms. The maximum absolute atomic E-state index is 5.87. The largest absolute Gasteiger partial charge is 0.464 e. The third kappa shape index (κ3) is 5.54. The van der Waals surface area contributed by atoms with Gasteiger partial charge in [-0.15, -0.1) is 0 Å². The minimum atomic E-state index is 0.105. The molecule has 0 unspecified atom stereocenters. The first-order chi connectivity index (χ1) is 9.21. The Labute approximate surface area is 117 Å². The topological polar surface area (TPSA) is 69.6 Å². The number of halogens is 1. The maximum Gasteiger partial charge on any atom is 0.322 e. The minimum absolute atomic E-state index is 0.105. The molecule has 1 aromatic rings. The van der Waals surface area contributed by atoms with Gasteiger partial charge in [-0.1, -0.05) is 0 Å². The number of nitrogens with zero attached hydrogens (tertiary/aromatic N) is 4. The molecule has 0 aliphatic rings. The van der Waals surface area contributed by atoms with Gasteiger partial charge in [0.25, 0.3) is 0 Å². The lowest BCUT2D eigenvalue weighted by molar-refractivity contribution is 0.189. The summed E-state index contributed by atoms with van der Waals surface area (Å²) >= 11 is 5.87. The van der Waals surface area contributed by atoms with Crippen molar-refractivity contribution in [1.29, 1.82) is 0 Å². The number of ether oxygens (including phenoxy) is 3. The summed E-state index contributed by atoms with van der Waals surface area (Å²) in [5, 5.41) is 0.105. The molecule has 108 valence electrons. The van der Waals surface area contributed by atoms with Crippen molar-refractivity contribution < 1.29 is 14.2 Å². The number of aromatic nitrogens is 3. The molecule has 0 aliphatic heterocycles. The van der Waals surface area contributed by atoms with Gasteiger partial charge < -0.3 is 19.1 Å². The molecule has 0 fully saturated rings. The van der Waals surface area contributed by atoms with Gasteiger partial charge in [0.2, 0.25) is 11.2 Å². The first kappa shape index (κ1) is 15.9. The average molecular weight is 291 g/mol. The average Bonchev–Trinajstić information content (AvgIpc) is 2.38. The van der Waals surface area contributed by atoms with Crippen LogP contribution in [0.2, 0.25) is 5.28 Å². The summed E-state index contributed by atoms with van der Waals surface area (Å²) in [6.45, 7) is 4.69. The highest BCUT2D eigenvalue weighted by atomic mass is 35.5. The molecular formula is C11H19ClN4O3. The Kier molecular flexibility index (Phi) is 7.39. The zero-order chi connectivity index (χ0) is 14.1. The van der Waals surface area contributed by atoms with Crippen molar-refractivity contribution in [1.82, 2.24) is 15.0 Å². The summed E-state index contributed by atoms with van der Waals surface area (Å²) in [6.07, 6.45) is 0. The minimum Gasteiger partial charge on any atom is -0.464 e. The van der Waals surface area contributed by atoms with Gasteiger partial charge in [-0.25, -0.2) is 0 Å². The Bertz CT molecular complexity index is 373. The SMILES string of the molecule is CCOc1nc(Cl)nc(N(CCOC)CCOC)n1. The lowest BCUT2D eigenvalue weighted by Gasteiger charge is -2.21. The highest BCUT2D eigenvalue weighted by Crippen LogP contribution is 2.15. The molecule has 7 nitrogen and oxygen atoms in total. The van der Waals surface area contributed by atoms with E-state index in [1.165, 1.54) is 0 Å². The van der Waals surface area contributed by atoms with Crippen LogP contribution in [0.1, 0.15) is 6.92 Å². The van der Waals surface area contributed by atoms with Crippen LogP contribution >= 0.6 is 11.6 Å². The summed E-state index contributed by atoms with van der Waals surface area (Å²) in [7, 11) is 3.28. The van der Waals surface area contributed by atoms with Crippen molar-refractivity contribution in [2.24, 2.45) is 0 Å². The zero-order valence-electron chi connectivity index (χ0n) is 11.4. The molecule has 1 rings (SSSR count). The van der Waals surface area contributed by atoms with E-state index in [0.717, 1.165) is 0 Å². The summed E-state index contributed by atoms with van der Waals surface area (Å²) in [4.78, 5) is 14.1. The number of anilines is 1. The first-order valence-electron chi connectivity index (χ1n) is 5.98. The smallest absolute Gasteiger partial charge is 0.322 e. The zero-order valence-corrected chi connectivity index (χ0v) is 12.2. The number of rotatable bonds is 9. The predicted octanol–water partition coefficient (Wildman–Crippen LogP) is 1.02. The lowest BCUT2D eigenvalue weighted by atomic mass is 10.5. The Hall–Kier alpha value is -1.18. The van der Waals surface area contributed by atoms with Gasteiger partial charge in [0, 0.05) is 27.3 Å². The normalized spacial score (nSPS) is 10.5. The second kappa shape index (κ2) is 8.84. The number of hydrogen-bond acceptors (Lipinski definition) is 7. The standard InChI is InChI=1S/C11H19ClN4O3/c1-4-19-11-14-9(12)13-10(15-11)16(5-7-17-2)6-8-18-3/h4-8H2,1-3H3. The Balaban J connectivity index is 2.85. The van der Waals surface area contributed by atoms with E-state index in [4.69, 9.17) is 25.8 Å². The van der Waals surface area contributed by atoms with Gasteiger partial charge in [-0.3, -0.25) is 0 Å². The van der Waals surface area contributed by atoms with Crippen LogP contribution in [0, 0.1) is 0 Å². The highest BCUT2D eigenvalue weighted by Gasteiger charge is 2.13. The molecule has 0 aliphatic carbocycles. The van der Waals surface area contributed by atoms with Crippen molar-refractivity contribution in [3.8, 4) is 6.01 Å². The lowest BCUT2D eigenvalue weighted by Crippen LogP contribution is -2.32. The summed E-state index contributed by atoms with van der Waals surface area (Å²) in [5.74, 6) is 0.456. The Morgan fingerprint density at radius 1 is 1.05 bits per heavy atom. The van der Waals surface area contributed by atoms with E-state index in [-0.39, 0.29) is 11.3 Å². The van der Waals surface area contributed by atoms with Crippen LogP contribution in [-0.2, 0) is 9.47 Å². The number of hydrogen-bond donors (Lipinski definition) is 0. The summed E-state index contributed by atoms with van der Waals surface area (Å²) < 4.78 is 15.4. The fourth-order valence-electron chi connectivity index (χ4n) is 1.37. The fraction of sp³-hybridized carbons (Fsp3) is 0.727. The molecule has 0 N–H and O–H groups in total. The maximum atomic E-state index is 5.87. The van der Waals surface area contributed by atoms with Crippen LogP contribution in [0.3, 0.4) is 0 Å². The summed E-state index contributed by atoms with van der Waals surface area (Å²) in [5.41, 5.74) is 0. The van der Waals surface area contributed by atoms with Gasteiger partial charge in [-0.05, 0) is 18.5 Å². The van der Waals surface area contributed by atoms with Crippen LogP contribution in [0.15, 0.2) is 0 Å². The quantitative estimate of drug-likeness (QED) is 0.672. The second-order valence-electron chi connectivity index (χ2n) is 3.59. The van der Waals surface area contributed by atoms with Crippen LogP contribution in [0.4, 0.5) is 5.95 Å². The third-order valence-electron chi connectivity index (χ3n) is 2.26. The monoisotopic (exact) mass is 290 g/mol. The number of methoxy groups -OCH3 is 2. The van der Waals surface area contributed by atoms with Crippen molar-refractivity contribution in [3.63, 3.8) is 0 Å². The van der Waals surface area contributed by atoms with Gasteiger partial charge in [0.1, 0.15) is 0 Å².